The Kier molecular flexibility index (Phi) is 3.03. The second kappa shape index (κ2) is 4.84. The maximum atomic E-state index is 13.1. The van der Waals surface area contributed by atoms with Crippen LogP contribution in [-0.4, -0.2) is 26.9 Å². The van der Waals surface area contributed by atoms with E-state index in [0.717, 1.165) is 12.4 Å². The van der Waals surface area contributed by atoms with Crippen LogP contribution in [0.4, 0.5) is 4.39 Å². The monoisotopic (exact) mass is 259 g/mol. The summed E-state index contributed by atoms with van der Waals surface area (Å²) < 4.78 is 15.1. The Morgan fingerprint density at radius 2 is 2.26 bits per heavy atom. The number of fused-ring (bicyclic) bond motifs is 1. The lowest BCUT2D eigenvalue weighted by atomic mass is 10.1. The van der Waals surface area contributed by atoms with Crippen molar-refractivity contribution in [2.24, 2.45) is 0 Å². The van der Waals surface area contributed by atoms with Gasteiger partial charge in [-0.2, -0.15) is 0 Å². The van der Waals surface area contributed by atoms with Crippen molar-refractivity contribution in [3.8, 4) is 0 Å². The summed E-state index contributed by atoms with van der Waals surface area (Å²) in [5.41, 5.74) is 0.707. The zero-order valence-electron chi connectivity index (χ0n) is 10.4. The van der Waals surface area contributed by atoms with Crippen molar-refractivity contribution in [3.63, 3.8) is 0 Å². The first-order valence-corrected chi connectivity index (χ1v) is 6.24. The van der Waals surface area contributed by atoms with Crippen molar-refractivity contribution in [1.82, 2.24) is 14.5 Å². The third kappa shape index (κ3) is 2.50. The average Bonchev–Trinajstić information content (AvgIpc) is 2.85. The van der Waals surface area contributed by atoms with E-state index in [1.165, 1.54) is 12.1 Å². The van der Waals surface area contributed by atoms with E-state index in [0.29, 0.717) is 18.7 Å². The minimum absolute atomic E-state index is 0.0138. The molecule has 0 bridgehead atoms. The standard InChI is InChI=1S/C14H14FN3O/c15-12-3-1-2-11(8-12)9-14(19)18-7-6-17-5-4-16-13(17)10-18/h1-5,8H,6-7,9-10H2. The molecule has 0 aliphatic carbocycles. The highest BCUT2D eigenvalue weighted by Gasteiger charge is 2.21. The van der Waals surface area contributed by atoms with Crippen LogP contribution in [0.25, 0.3) is 0 Å². The number of amides is 1. The van der Waals surface area contributed by atoms with Crippen LogP contribution < -0.4 is 0 Å². The number of carbonyl (C=O) groups excluding carboxylic acids is 1. The van der Waals surface area contributed by atoms with Crippen LogP contribution in [0.5, 0.6) is 0 Å². The molecule has 0 atom stereocenters. The number of benzene rings is 1. The van der Waals surface area contributed by atoms with Gasteiger partial charge in [-0.3, -0.25) is 4.79 Å². The molecule has 1 amide bonds. The molecule has 1 aliphatic rings. The van der Waals surface area contributed by atoms with Gasteiger partial charge in [0.15, 0.2) is 0 Å². The third-order valence-electron chi connectivity index (χ3n) is 3.34. The number of hydrogen-bond acceptors (Lipinski definition) is 2. The average molecular weight is 259 g/mol. The Labute approximate surface area is 110 Å². The predicted octanol–water partition coefficient (Wildman–Crippen LogP) is 1.61. The minimum Gasteiger partial charge on any atom is -0.333 e. The summed E-state index contributed by atoms with van der Waals surface area (Å²) >= 11 is 0. The van der Waals surface area contributed by atoms with Crippen molar-refractivity contribution < 1.29 is 9.18 Å². The van der Waals surface area contributed by atoms with Crippen molar-refractivity contribution >= 4 is 5.91 Å². The van der Waals surface area contributed by atoms with Crippen LogP contribution in [-0.2, 0) is 24.3 Å². The van der Waals surface area contributed by atoms with Crippen LogP contribution in [0.3, 0.4) is 0 Å². The summed E-state index contributed by atoms with van der Waals surface area (Å²) in [5.74, 6) is 0.609. The number of rotatable bonds is 2. The molecule has 0 N–H and O–H groups in total. The second-order valence-electron chi connectivity index (χ2n) is 4.66. The quantitative estimate of drug-likeness (QED) is 0.821. The summed E-state index contributed by atoms with van der Waals surface area (Å²) in [6.45, 7) is 1.98. The lowest BCUT2D eigenvalue weighted by Crippen LogP contribution is -2.39. The highest BCUT2D eigenvalue weighted by molar-refractivity contribution is 5.78. The highest BCUT2D eigenvalue weighted by Crippen LogP contribution is 2.13. The molecule has 0 spiro atoms. The molecule has 3 rings (SSSR count). The fourth-order valence-electron chi connectivity index (χ4n) is 2.32. The molecule has 19 heavy (non-hydrogen) atoms. The Hall–Kier alpha value is -2.17. The van der Waals surface area contributed by atoms with Crippen LogP contribution in [0.15, 0.2) is 36.7 Å². The molecule has 0 saturated heterocycles. The lowest BCUT2D eigenvalue weighted by molar-refractivity contribution is -0.132. The Bertz CT molecular complexity index is 608. The van der Waals surface area contributed by atoms with E-state index in [1.807, 2.05) is 10.8 Å². The number of aromatic nitrogens is 2. The molecule has 1 aromatic carbocycles. The molecule has 1 aliphatic heterocycles. The van der Waals surface area contributed by atoms with E-state index in [9.17, 15) is 9.18 Å². The van der Waals surface area contributed by atoms with Gasteiger partial charge in [-0.15, -0.1) is 0 Å². The first-order valence-electron chi connectivity index (χ1n) is 6.24. The van der Waals surface area contributed by atoms with Gasteiger partial charge in [0.1, 0.15) is 11.6 Å². The van der Waals surface area contributed by atoms with Gasteiger partial charge in [0, 0.05) is 25.5 Å². The van der Waals surface area contributed by atoms with Crippen molar-refractivity contribution in [2.75, 3.05) is 6.54 Å². The Balaban J connectivity index is 1.69. The largest absolute Gasteiger partial charge is 0.333 e. The molecule has 98 valence electrons. The lowest BCUT2D eigenvalue weighted by Gasteiger charge is -2.27. The maximum Gasteiger partial charge on any atom is 0.227 e. The van der Waals surface area contributed by atoms with Crippen LogP contribution in [0, 0.1) is 5.82 Å². The molecule has 0 unspecified atom stereocenters. The summed E-state index contributed by atoms with van der Waals surface area (Å²) in [5, 5.41) is 0. The van der Waals surface area contributed by atoms with Gasteiger partial charge in [0.05, 0.1) is 13.0 Å². The zero-order chi connectivity index (χ0) is 13.2. The van der Waals surface area contributed by atoms with E-state index < -0.39 is 0 Å². The normalized spacial score (nSPS) is 14.3. The third-order valence-corrected chi connectivity index (χ3v) is 3.34. The van der Waals surface area contributed by atoms with Crippen LogP contribution in [0.2, 0.25) is 0 Å². The van der Waals surface area contributed by atoms with E-state index >= 15 is 0 Å². The molecule has 2 heterocycles. The van der Waals surface area contributed by atoms with Gasteiger partial charge in [-0.25, -0.2) is 9.37 Å². The minimum atomic E-state index is -0.306. The van der Waals surface area contributed by atoms with Crippen LogP contribution >= 0.6 is 0 Å². The van der Waals surface area contributed by atoms with Gasteiger partial charge in [0.2, 0.25) is 5.91 Å². The number of nitrogens with zero attached hydrogens (tertiary/aromatic N) is 3. The first-order chi connectivity index (χ1) is 9.22. The van der Waals surface area contributed by atoms with E-state index in [4.69, 9.17) is 0 Å². The maximum absolute atomic E-state index is 13.1. The molecule has 1 aromatic heterocycles. The van der Waals surface area contributed by atoms with E-state index in [-0.39, 0.29) is 18.1 Å². The summed E-state index contributed by atoms with van der Waals surface area (Å²) in [6.07, 6.45) is 3.90. The van der Waals surface area contributed by atoms with E-state index in [1.54, 1.807) is 23.2 Å². The zero-order valence-corrected chi connectivity index (χ0v) is 10.4. The van der Waals surface area contributed by atoms with Gasteiger partial charge in [-0.1, -0.05) is 12.1 Å². The Morgan fingerprint density at radius 1 is 1.37 bits per heavy atom. The molecule has 4 nitrogen and oxygen atoms in total. The molecule has 5 heteroatoms. The molecule has 0 radical (unpaired) electrons. The highest BCUT2D eigenvalue weighted by atomic mass is 19.1. The SMILES string of the molecule is O=C(Cc1cccc(F)c1)N1CCn2ccnc2C1. The summed E-state index contributed by atoms with van der Waals surface area (Å²) in [4.78, 5) is 18.2. The fraction of sp³-hybridized carbons (Fsp3) is 0.286. The number of carbonyl (C=O) groups is 1. The number of halogens is 1. The Morgan fingerprint density at radius 3 is 3.11 bits per heavy atom. The van der Waals surface area contributed by atoms with Crippen LogP contribution in [0.1, 0.15) is 11.4 Å². The van der Waals surface area contributed by atoms with Gasteiger partial charge in [-0.05, 0) is 17.7 Å². The summed E-state index contributed by atoms with van der Waals surface area (Å²) in [6, 6.07) is 6.18. The van der Waals surface area contributed by atoms with Crippen molar-refractivity contribution in [1.29, 1.82) is 0 Å². The molecule has 2 aromatic rings. The van der Waals surface area contributed by atoms with Gasteiger partial charge in [0.25, 0.3) is 0 Å². The smallest absolute Gasteiger partial charge is 0.227 e. The predicted molar refractivity (Wildman–Crippen MR) is 67.7 cm³/mol. The second-order valence-corrected chi connectivity index (χ2v) is 4.66. The summed E-state index contributed by atoms with van der Waals surface area (Å²) in [7, 11) is 0. The van der Waals surface area contributed by atoms with Gasteiger partial charge >= 0.3 is 0 Å². The number of hydrogen-bond donors (Lipinski definition) is 0. The molecule has 0 fully saturated rings. The van der Waals surface area contributed by atoms with Crippen molar-refractivity contribution in [3.05, 3.63) is 53.9 Å². The molecular formula is C14H14FN3O. The topological polar surface area (TPSA) is 38.1 Å². The first kappa shape index (κ1) is 11.9. The van der Waals surface area contributed by atoms with E-state index in [2.05, 4.69) is 4.98 Å². The number of imidazole rings is 1. The molecule has 0 saturated carbocycles. The van der Waals surface area contributed by atoms with Gasteiger partial charge < -0.3 is 9.47 Å². The van der Waals surface area contributed by atoms with Crippen molar-refractivity contribution in [2.45, 2.75) is 19.5 Å². The molecular weight excluding hydrogens is 245 g/mol. The fourth-order valence-corrected chi connectivity index (χ4v) is 2.32.